The maximum atomic E-state index is 5.62. The van der Waals surface area contributed by atoms with Crippen LogP contribution in [0.15, 0.2) is 66.6 Å². The van der Waals surface area contributed by atoms with Gasteiger partial charge in [-0.2, -0.15) is 9.97 Å². The molecule has 5 aromatic rings. The van der Waals surface area contributed by atoms with E-state index in [-0.39, 0.29) is 0 Å². The van der Waals surface area contributed by atoms with E-state index in [1.807, 2.05) is 78.2 Å². The fraction of sp³-hybridized carbons (Fsp3) is 0.130. The van der Waals surface area contributed by atoms with Crippen LogP contribution >= 0.6 is 11.3 Å². The third kappa shape index (κ3) is 3.74. The molecule has 0 fully saturated rings. The SMILES string of the molecule is COc1cc(Nc2nc(N(C)c3ccccc3)c3scnc3n2)ccc1-n1cnc(C)c1. The van der Waals surface area contributed by atoms with E-state index >= 15 is 0 Å². The van der Waals surface area contributed by atoms with Crippen molar-refractivity contribution in [2.45, 2.75) is 6.92 Å². The van der Waals surface area contributed by atoms with E-state index in [0.29, 0.717) is 17.3 Å². The quantitative estimate of drug-likeness (QED) is 0.391. The molecule has 0 saturated heterocycles. The average Bonchev–Trinajstić information content (AvgIpc) is 3.47. The molecular formula is C23H21N7OS. The lowest BCUT2D eigenvalue weighted by Gasteiger charge is -2.19. The van der Waals surface area contributed by atoms with Crippen LogP contribution in [0.5, 0.6) is 5.75 Å². The normalized spacial score (nSPS) is 11.0. The van der Waals surface area contributed by atoms with Gasteiger partial charge in [0.05, 0.1) is 30.3 Å². The monoisotopic (exact) mass is 443 g/mol. The molecule has 1 N–H and O–H groups in total. The largest absolute Gasteiger partial charge is 0.494 e. The van der Waals surface area contributed by atoms with Crippen molar-refractivity contribution in [3.8, 4) is 11.4 Å². The molecule has 0 aliphatic carbocycles. The Morgan fingerprint density at radius 2 is 1.91 bits per heavy atom. The Hall–Kier alpha value is -3.98. The van der Waals surface area contributed by atoms with Gasteiger partial charge in [0.2, 0.25) is 5.95 Å². The highest BCUT2D eigenvalue weighted by atomic mass is 32.1. The molecule has 0 atom stereocenters. The Bertz CT molecular complexity index is 1380. The molecule has 0 radical (unpaired) electrons. The summed E-state index contributed by atoms with van der Waals surface area (Å²) >= 11 is 1.53. The first kappa shape index (κ1) is 20.0. The minimum atomic E-state index is 0.467. The van der Waals surface area contributed by atoms with Crippen molar-refractivity contribution in [3.63, 3.8) is 0 Å². The Balaban J connectivity index is 1.51. The van der Waals surface area contributed by atoms with E-state index in [4.69, 9.17) is 9.72 Å². The Kier molecular flexibility index (Phi) is 5.16. The highest BCUT2D eigenvalue weighted by Gasteiger charge is 2.16. The van der Waals surface area contributed by atoms with Gasteiger partial charge in [0.15, 0.2) is 11.5 Å². The number of thiazole rings is 1. The minimum absolute atomic E-state index is 0.467. The number of ether oxygens (including phenoxy) is 1. The topological polar surface area (TPSA) is 81.0 Å². The number of hydrogen-bond acceptors (Lipinski definition) is 8. The smallest absolute Gasteiger partial charge is 0.231 e. The van der Waals surface area contributed by atoms with Crippen molar-refractivity contribution in [1.29, 1.82) is 0 Å². The van der Waals surface area contributed by atoms with E-state index in [2.05, 4.69) is 20.3 Å². The fourth-order valence-electron chi connectivity index (χ4n) is 3.46. The average molecular weight is 444 g/mol. The van der Waals surface area contributed by atoms with Gasteiger partial charge in [-0.25, -0.2) is 9.97 Å². The van der Waals surface area contributed by atoms with Gasteiger partial charge < -0.3 is 19.5 Å². The van der Waals surface area contributed by atoms with Gasteiger partial charge in [-0.05, 0) is 31.2 Å². The molecule has 2 aromatic carbocycles. The Labute approximate surface area is 189 Å². The number of benzene rings is 2. The minimum Gasteiger partial charge on any atom is -0.494 e. The molecule has 32 heavy (non-hydrogen) atoms. The number of methoxy groups -OCH3 is 1. The van der Waals surface area contributed by atoms with Crippen molar-refractivity contribution in [1.82, 2.24) is 24.5 Å². The Morgan fingerprint density at radius 1 is 1.06 bits per heavy atom. The predicted octanol–water partition coefficient (Wildman–Crippen LogP) is 5.10. The Morgan fingerprint density at radius 3 is 2.66 bits per heavy atom. The lowest BCUT2D eigenvalue weighted by Crippen LogP contribution is -2.12. The van der Waals surface area contributed by atoms with Gasteiger partial charge in [0, 0.05) is 30.7 Å². The number of hydrogen-bond donors (Lipinski definition) is 1. The summed E-state index contributed by atoms with van der Waals surface area (Å²) in [5, 5.41) is 3.30. The molecule has 5 rings (SSSR count). The molecule has 0 bridgehead atoms. The van der Waals surface area contributed by atoms with Crippen LogP contribution in [0, 0.1) is 6.92 Å². The van der Waals surface area contributed by atoms with E-state index < -0.39 is 0 Å². The van der Waals surface area contributed by atoms with E-state index in [1.165, 1.54) is 11.3 Å². The maximum absolute atomic E-state index is 5.62. The van der Waals surface area contributed by atoms with Crippen molar-refractivity contribution < 1.29 is 4.74 Å². The molecule has 0 aliphatic rings. The third-order valence-electron chi connectivity index (χ3n) is 5.06. The molecule has 0 unspecified atom stereocenters. The molecule has 0 amide bonds. The summed E-state index contributed by atoms with van der Waals surface area (Å²) in [5.41, 5.74) is 6.13. The highest BCUT2D eigenvalue weighted by Crippen LogP contribution is 2.33. The number of nitrogens with one attached hydrogen (secondary N) is 1. The van der Waals surface area contributed by atoms with Crippen LogP contribution in [0.2, 0.25) is 0 Å². The maximum Gasteiger partial charge on any atom is 0.231 e. The van der Waals surface area contributed by atoms with Gasteiger partial charge >= 0.3 is 0 Å². The number of anilines is 4. The van der Waals surface area contributed by atoms with Crippen LogP contribution in [0.25, 0.3) is 16.0 Å². The van der Waals surface area contributed by atoms with Crippen molar-refractivity contribution in [2.24, 2.45) is 0 Å². The number of imidazole rings is 1. The van der Waals surface area contributed by atoms with E-state index in [0.717, 1.165) is 33.3 Å². The zero-order valence-corrected chi connectivity index (χ0v) is 18.7. The van der Waals surface area contributed by atoms with Crippen molar-refractivity contribution in [3.05, 3.63) is 72.3 Å². The van der Waals surface area contributed by atoms with Crippen molar-refractivity contribution in [2.75, 3.05) is 24.4 Å². The molecule has 160 valence electrons. The van der Waals surface area contributed by atoms with Crippen LogP contribution < -0.4 is 15.0 Å². The lowest BCUT2D eigenvalue weighted by atomic mass is 10.2. The number of aryl methyl sites for hydroxylation is 1. The molecule has 0 aliphatic heterocycles. The number of fused-ring (bicyclic) bond motifs is 1. The van der Waals surface area contributed by atoms with Gasteiger partial charge in [-0.3, -0.25) is 0 Å². The van der Waals surface area contributed by atoms with Gasteiger partial charge in [0.25, 0.3) is 0 Å². The first-order valence-corrected chi connectivity index (χ1v) is 10.9. The zero-order chi connectivity index (χ0) is 22.1. The van der Waals surface area contributed by atoms with Crippen molar-refractivity contribution >= 4 is 44.8 Å². The molecule has 0 saturated carbocycles. The highest BCUT2D eigenvalue weighted by molar-refractivity contribution is 7.17. The van der Waals surface area contributed by atoms with Crippen LogP contribution in [0.3, 0.4) is 0 Å². The second kappa shape index (κ2) is 8.27. The van der Waals surface area contributed by atoms with Crippen LogP contribution in [-0.4, -0.2) is 38.7 Å². The van der Waals surface area contributed by atoms with Gasteiger partial charge in [0.1, 0.15) is 10.4 Å². The second-order valence-corrected chi connectivity index (χ2v) is 8.06. The number of para-hydroxylation sites is 1. The molecule has 9 heteroatoms. The van der Waals surface area contributed by atoms with Crippen LogP contribution in [-0.2, 0) is 0 Å². The fourth-order valence-corrected chi connectivity index (χ4v) is 4.21. The summed E-state index contributed by atoms with van der Waals surface area (Å²) in [6.07, 6.45) is 3.72. The van der Waals surface area contributed by atoms with Gasteiger partial charge in [-0.15, -0.1) is 11.3 Å². The van der Waals surface area contributed by atoms with Gasteiger partial charge in [-0.1, -0.05) is 18.2 Å². The van der Waals surface area contributed by atoms with E-state index in [9.17, 15) is 0 Å². The summed E-state index contributed by atoms with van der Waals surface area (Å²) in [5.74, 6) is 1.97. The van der Waals surface area contributed by atoms with E-state index in [1.54, 1.807) is 18.9 Å². The number of aromatic nitrogens is 5. The summed E-state index contributed by atoms with van der Waals surface area (Å²) in [6.45, 7) is 1.95. The summed E-state index contributed by atoms with van der Waals surface area (Å²) in [6, 6.07) is 15.9. The number of nitrogens with zero attached hydrogens (tertiary/aromatic N) is 6. The molecule has 3 heterocycles. The molecule has 8 nitrogen and oxygen atoms in total. The summed E-state index contributed by atoms with van der Waals surface area (Å²) < 4.78 is 8.49. The lowest BCUT2D eigenvalue weighted by molar-refractivity contribution is 0.413. The predicted molar refractivity (Wildman–Crippen MR) is 128 cm³/mol. The third-order valence-corrected chi connectivity index (χ3v) is 5.87. The summed E-state index contributed by atoms with van der Waals surface area (Å²) in [4.78, 5) is 20.2. The first-order chi connectivity index (χ1) is 15.6. The van der Waals surface area contributed by atoms with Crippen LogP contribution in [0.4, 0.5) is 23.1 Å². The standard InChI is InChI=1S/C23H21N7OS/c1-15-12-30(13-24-15)18-10-9-16(11-19(18)31-3)26-23-27-21-20(32-14-25-21)22(28-23)29(2)17-7-5-4-6-8-17/h4-14H,1-3H3,(H,26,27,28). The zero-order valence-electron chi connectivity index (χ0n) is 17.9. The molecule has 3 aromatic heterocycles. The second-order valence-electron chi connectivity index (χ2n) is 7.20. The number of rotatable bonds is 6. The molecular weight excluding hydrogens is 422 g/mol. The summed E-state index contributed by atoms with van der Waals surface area (Å²) in [7, 11) is 3.64. The van der Waals surface area contributed by atoms with Crippen LogP contribution in [0.1, 0.15) is 5.69 Å². The first-order valence-electron chi connectivity index (χ1n) is 9.98. The molecule has 0 spiro atoms.